The van der Waals surface area contributed by atoms with E-state index < -0.39 is 0 Å². The van der Waals surface area contributed by atoms with E-state index in [0.29, 0.717) is 0 Å². The summed E-state index contributed by atoms with van der Waals surface area (Å²) in [6.45, 7) is 4.50. The van der Waals surface area contributed by atoms with Crippen molar-refractivity contribution in [2.24, 2.45) is 0 Å². The van der Waals surface area contributed by atoms with Gasteiger partial charge in [0.1, 0.15) is 0 Å². The Kier molecular flexibility index (Phi) is 18.0. The van der Waals surface area contributed by atoms with Gasteiger partial charge in [0.05, 0.1) is 6.10 Å². The van der Waals surface area contributed by atoms with Gasteiger partial charge in [-0.3, -0.25) is 0 Å². The van der Waals surface area contributed by atoms with Crippen LogP contribution in [0.2, 0.25) is 0 Å². The topological polar surface area (TPSA) is 20.2 Å². The maximum absolute atomic E-state index is 9.92. The summed E-state index contributed by atoms with van der Waals surface area (Å²) in [6, 6.07) is 0. The first-order valence-electron chi connectivity index (χ1n) is 9.81. The molecule has 0 heterocycles. The van der Waals surface area contributed by atoms with Crippen molar-refractivity contribution in [1.29, 1.82) is 0 Å². The average Bonchev–Trinajstić information content (AvgIpc) is 2.52. The van der Waals surface area contributed by atoms with Crippen LogP contribution in [-0.2, 0) is 0 Å². The summed E-state index contributed by atoms with van der Waals surface area (Å²) in [5.74, 6) is 0. The Morgan fingerprint density at radius 1 is 0.682 bits per heavy atom. The first kappa shape index (κ1) is 21.4. The van der Waals surface area contributed by atoms with E-state index in [1.807, 2.05) is 0 Å². The Labute approximate surface area is 139 Å². The highest BCUT2D eigenvalue weighted by molar-refractivity contribution is 5.02. The molecule has 0 spiro atoms. The van der Waals surface area contributed by atoms with E-state index in [1.165, 1.54) is 77.0 Å². The lowest BCUT2D eigenvalue weighted by Crippen LogP contribution is -2.04. The molecule has 1 N–H and O–H groups in total. The van der Waals surface area contributed by atoms with E-state index in [4.69, 9.17) is 0 Å². The van der Waals surface area contributed by atoms with Crippen LogP contribution in [0.25, 0.3) is 0 Å². The van der Waals surface area contributed by atoms with Crippen molar-refractivity contribution < 1.29 is 5.11 Å². The number of rotatable bonds is 16. The van der Waals surface area contributed by atoms with E-state index in [9.17, 15) is 5.11 Å². The van der Waals surface area contributed by atoms with Gasteiger partial charge in [0.2, 0.25) is 0 Å². The van der Waals surface area contributed by atoms with Gasteiger partial charge in [0.15, 0.2) is 0 Å². The first-order valence-corrected chi connectivity index (χ1v) is 9.81. The summed E-state index contributed by atoms with van der Waals surface area (Å²) in [5.41, 5.74) is 0. The van der Waals surface area contributed by atoms with Gasteiger partial charge in [-0.05, 0) is 25.7 Å². The molecule has 0 saturated carbocycles. The smallest absolute Gasteiger partial charge is 0.0574 e. The summed E-state index contributed by atoms with van der Waals surface area (Å²) in [4.78, 5) is 0. The molecule has 0 amide bonds. The van der Waals surface area contributed by atoms with Crippen molar-refractivity contribution in [3.05, 3.63) is 24.3 Å². The lowest BCUT2D eigenvalue weighted by Gasteiger charge is -2.07. The Hall–Kier alpha value is -0.560. The van der Waals surface area contributed by atoms with Crippen molar-refractivity contribution in [3.63, 3.8) is 0 Å². The van der Waals surface area contributed by atoms with Crippen LogP contribution < -0.4 is 0 Å². The Morgan fingerprint density at radius 3 is 1.91 bits per heavy atom. The van der Waals surface area contributed by atoms with Crippen molar-refractivity contribution in [2.75, 3.05) is 0 Å². The van der Waals surface area contributed by atoms with E-state index in [1.54, 1.807) is 0 Å². The molecule has 0 aliphatic carbocycles. The third kappa shape index (κ3) is 17.5. The van der Waals surface area contributed by atoms with E-state index in [0.717, 1.165) is 12.8 Å². The maximum atomic E-state index is 9.92. The van der Waals surface area contributed by atoms with Gasteiger partial charge in [-0.15, -0.1) is 0 Å². The molecule has 0 aromatic heterocycles. The van der Waals surface area contributed by atoms with Gasteiger partial charge in [-0.25, -0.2) is 0 Å². The zero-order chi connectivity index (χ0) is 16.3. The molecule has 0 fully saturated rings. The number of allylic oxidation sites excluding steroid dienone is 3. The van der Waals surface area contributed by atoms with Gasteiger partial charge >= 0.3 is 0 Å². The molecule has 0 aliphatic heterocycles. The van der Waals surface area contributed by atoms with Gasteiger partial charge in [-0.2, -0.15) is 0 Å². The Bertz CT molecular complexity index is 255. The summed E-state index contributed by atoms with van der Waals surface area (Å²) >= 11 is 0. The third-order valence-corrected chi connectivity index (χ3v) is 4.16. The predicted molar refractivity (Wildman–Crippen MR) is 100 cm³/mol. The minimum absolute atomic E-state index is 0.148. The van der Waals surface area contributed by atoms with Gasteiger partial charge in [0.25, 0.3) is 0 Å². The van der Waals surface area contributed by atoms with Crippen LogP contribution in [0, 0.1) is 0 Å². The van der Waals surface area contributed by atoms with Gasteiger partial charge in [0, 0.05) is 0 Å². The maximum Gasteiger partial charge on any atom is 0.0574 e. The molecule has 0 aromatic carbocycles. The summed E-state index contributed by atoms with van der Waals surface area (Å²) in [5, 5.41) is 9.92. The zero-order valence-electron chi connectivity index (χ0n) is 15.2. The minimum Gasteiger partial charge on any atom is -0.393 e. The number of aliphatic hydroxyl groups excluding tert-OH is 1. The van der Waals surface area contributed by atoms with E-state index in [-0.39, 0.29) is 6.10 Å². The van der Waals surface area contributed by atoms with Crippen LogP contribution in [0.1, 0.15) is 104 Å². The molecule has 1 unspecified atom stereocenters. The van der Waals surface area contributed by atoms with E-state index in [2.05, 4.69) is 38.2 Å². The second-order valence-corrected chi connectivity index (χ2v) is 6.51. The lowest BCUT2D eigenvalue weighted by molar-refractivity contribution is 0.163. The fourth-order valence-electron chi connectivity index (χ4n) is 2.63. The molecule has 0 aromatic rings. The average molecular weight is 309 g/mol. The Morgan fingerprint density at radius 2 is 1.23 bits per heavy atom. The van der Waals surface area contributed by atoms with Crippen LogP contribution in [0.15, 0.2) is 24.3 Å². The molecular weight excluding hydrogens is 268 g/mol. The van der Waals surface area contributed by atoms with E-state index >= 15 is 0 Å². The van der Waals surface area contributed by atoms with Crippen molar-refractivity contribution in [1.82, 2.24) is 0 Å². The van der Waals surface area contributed by atoms with Gasteiger partial charge < -0.3 is 5.11 Å². The fourth-order valence-corrected chi connectivity index (χ4v) is 2.63. The SMILES string of the molecule is CCCCC/C=C/C=C/CC(O)CCCCCCCCCC. The highest BCUT2D eigenvalue weighted by atomic mass is 16.3. The molecule has 1 nitrogen and oxygen atoms in total. The number of hydrogen-bond acceptors (Lipinski definition) is 1. The zero-order valence-corrected chi connectivity index (χ0v) is 15.2. The molecule has 0 bridgehead atoms. The van der Waals surface area contributed by atoms with Crippen molar-refractivity contribution in [2.45, 2.75) is 110 Å². The van der Waals surface area contributed by atoms with Crippen LogP contribution in [0.3, 0.4) is 0 Å². The third-order valence-electron chi connectivity index (χ3n) is 4.16. The Balaban J connectivity index is 3.33. The molecule has 0 aliphatic rings. The molecule has 22 heavy (non-hydrogen) atoms. The monoisotopic (exact) mass is 308 g/mol. The summed E-state index contributed by atoms with van der Waals surface area (Å²) in [6.07, 6.45) is 25.9. The minimum atomic E-state index is -0.148. The number of unbranched alkanes of at least 4 members (excludes halogenated alkanes) is 10. The predicted octanol–water partition coefficient (Wildman–Crippen LogP) is 6.96. The normalized spacial score (nSPS) is 13.4. The fraction of sp³-hybridized carbons (Fsp3) is 0.810. The van der Waals surface area contributed by atoms with Gasteiger partial charge in [-0.1, -0.05) is 102 Å². The highest BCUT2D eigenvalue weighted by Gasteiger charge is 2.00. The van der Waals surface area contributed by atoms with Crippen LogP contribution >= 0.6 is 0 Å². The largest absolute Gasteiger partial charge is 0.393 e. The van der Waals surface area contributed by atoms with Crippen LogP contribution in [-0.4, -0.2) is 11.2 Å². The molecular formula is C21H40O. The second kappa shape index (κ2) is 18.5. The molecule has 1 atom stereocenters. The van der Waals surface area contributed by atoms with Crippen molar-refractivity contribution >= 4 is 0 Å². The summed E-state index contributed by atoms with van der Waals surface area (Å²) in [7, 11) is 0. The van der Waals surface area contributed by atoms with Crippen LogP contribution in [0.4, 0.5) is 0 Å². The highest BCUT2D eigenvalue weighted by Crippen LogP contribution is 2.12. The molecule has 0 rings (SSSR count). The number of hydrogen-bond donors (Lipinski definition) is 1. The molecule has 1 heteroatoms. The van der Waals surface area contributed by atoms with Crippen molar-refractivity contribution in [3.8, 4) is 0 Å². The quantitative estimate of drug-likeness (QED) is 0.241. The lowest BCUT2D eigenvalue weighted by atomic mass is 10.0. The van der Waals surface area contributed by atoms with Crippen LogP contribution in [0.5, 0.6) is 0 Å². The summed E-state index contributed by atoms with van der Waals surface area (Å²) < 4.78 is 0. The molecule has 130 valence electrons. The molecule has 0 radical (unpaired) electrons. The number of aliphatic hydroxyl groups is 1. The first-order chi connectivity index (χ1) is 10.8. The molecule has 0 saturated heterocycles. The second-order valence-electron chi connectivity index (χ2n) is 6.51. The standard InChI is InChI=1S/C21H40O/c1-3-5-7-9-11-13-15-17-19-21(22)20-18-16-14-12-10-8-6-4-2/h11,13,15,17,21-22H,3-10,12,14,16,18-20H2,1-2H3/b13-11+,17-15+.